The number of rotatable bonds is 39. The van der Waals surface area contributed by atoms with Gasteiger partial charge in [0.05, 0.1) is 33.0 Å². The SMILES string of the molecule is CC.CCCCCCC.CCCCCCCCOC(=O)CC(CC(=O)OCC)CC(=O)OC1CCN(C(=O)OC(C)(C)C)C1.CCCCCCCCOC(=O)CC(CC)CC(=O)OCCCCCCCC.O=CC1CC1. The predicted molar refractivity (Wildman–Crippen MR) is 307 cm³/mol. The highest BCUT2D eigenvalue weighted by molar-refractivity contribution is 5.77. The zero-order valence-electron chi connectivity index (χ0n) is 51.0. The number of carbonyl (C=O) groups excluding carboxylic acids is 7. The highest BCUT2D eigenvalue weighted by Crippen LogP contribution is 2.25. The van der Waals surface area contributed by atoms with E-state index in [-0.39, 0.29) is 50.3 Å². The second-order valence-corrected chi connectivity index (χ2v) is 21.3. The van der Waals surface area contributed by atoms with E-state index < -0.39 is 41.6 Å². The van der Waals surface area contributed by atoms with Crippen molar-refractivity contribution in [3.8, 4) is 0 Å². The number of unbranched alkanes of at least 4 members (excludes halogenated alkanes) is 19. The zero-order chi connectivity index (χ0) is 57.7. The first-order chi connectivity index (χ1) is 36.5. The summed E-state index contributed by atoms with van der Waals surface area (Å²) >= 11 is 0. The van der Waals surface area contributed by atoms with Crippen LogP contribution in [0.4, 0.5) is 4.79 Å². The molecular weight excluding hydrogens is 967 g/mol. The molecule has 76 heavy (non-hydrogen) atoms. The van der Waals surface area contributed by atoms with Gasteiger partial charge in [0.25, 0.3) is 0 Å². The number of aldehydes is 1. The Morgan fingerprint density at radius 1 is 0.474 bits per heavy atom. The number of ether oxygens (including phenoxy) is 6. The van der Waals surface area contributed by atoms with Gasteiger partial charge < -0.3 is 38.1 Å². The summed E-state index contributed by atoms with van der Waals surface area (Å²) in [4.78, 5) is 84.0. The summed E-state index contributed by atoms with van der Waals surface area (Å²) in [5.74, 6) is -1.86. The molecule has 1 aliphatic carbocycles. The lowest BCUT2D eigenvalue weighted by atomic mass is 9.97. The summed E-state index contributed by atoms with van der Waals surface area (Å²) in [5.41, 5.74) is -0.601. The summed E-state index contributed by atoms with van der Waals surface area (Å²) < 4.78 is 31.8. The van der Waals surface area contributed by atoms with Crippen LogP contribution >= 0.6 is 0 Å². The molecule has 0 aromatic heterocycles. The Labute approximate surface area is 465 Å². The van der Waals surface area contributed by atoms with E-state index in [2.05, 4.69) is 34.6 Å². The van der Waals surface area contributed by atoms with Crippen LogP contribution in [0.15, 0.2) is 0 Å². The molecule has 2 unspecified atom stereocenters. The van der Waals surface area contributed by atoms with Crippen LogP contribution in [0.5, 0.6) is 0 Å². The maximum absolute atomic E-state index is 12.6. The van der Waals surface area contributed by atoms with Gasteiger partial charge in [-0.1, -0.05) is 190 Å². The Bertz CT molecular complexity index is 1380. The lowest BCUT2D eigenvalue weighted by Crippen LogP contribution is -2.36. The summed E-state index contributed by atoms with van der Waals surface area (Å²) in [6.45, 7) is 26.4. The number of hydrogen-bond acceptors (Lipinski definition) is 13. The molecule has 0 radical (unpaired) electrons. The van der Waals surface area contributed by atoms with E-state index in [1.165, 1.54) is 108 Å². The molecule has 0 aromatic carbocycles. The number of amides is 1. The average molecular weight is 1080 g/mol. The third kappa shape index (κ3) is 53.7. The van der Waals surface area contributed by atoms with Crippen LogP contribution in [-0.2, 0) is 57.2 Å². The first kappa shape index (κ1) is 76.5. The molecule has 0 spiro atoms. The van der Waals surface area contributed by atoms with Crippen LogP contribution in [0, 0.1) is 17.8 Å². The molecule has 1 aliphatic heterocycles. The molecule has 2 aliphatic rings. The average Bonchev–Trinajstić information content (AvgIpc) is 4.12. The standard InChI is InChI=1S/C26H45NO8.C23H44O4.C7H16.C4H6O.C2H6/c1-6-8-9-10-11-12-15-33-23(29)17-20(16-22(28)32-7-2)18-24(30)34-21-13-14-27(19-21)25(31)35-26(3,4)5;1-4-7-9-11-13-15-17-26-22(24)19-21(6-3)20-23(25)27-18-16-14-12-10-8-5-2;1-3-5-7-6-4-2;5-3-4-1-2-4;1-2/h20-21H,6-19H2,1-5H3;21H,4-20H2,1-3H3;3-7H2,1-2H3;3-4H,1-2H2;1-2H3. The topological polar surface area (TPSA) is 178 Å². The monoisotopic (exact) mass is 1080 g/mol. The second kappa shape index (κ2) is 54.6. The van der Waals surface area contributed by atoms with Gasteiger partial charge in [0.2, 0.25) is 0 Å². The van der Waals surface area contributed by atoms with Crippen molar-refractivity contribution in [2.75, 3.05) is 39.5 Å². The third-order valence-corrected chi connectivity index (χ3v) is 12.6. The van der Waals surface area contributed by atoms with E-state index in [0.717, 1.165) is 70.5 Å². The highest BCUT2D eigenvalue weighted by atomic mass is 16.6. The Balaban J connectivity index is -0.00000114. The van der Waals surface area contributed by atoms with Crippen molar-refractivity contribution < 1.29 is 62.0 Å². The quantitative estimate of drug-likeness (QED) is 0.0246. The molecule has 1 amide bonds. The van der Waals surface area contributed by atoms with Gasteiger partial charge in [-0.15, -0.1) is 0 Å². The molecule has 0 bridgehead atoms. The lowest BCUT2D eigenvalue weighted by molar-refractivity contribution is -0.153. The van der Waals surface area contributed by atoms with E-state index in [0.29, 0.717) is 51.5 Å². The van der Waals surface area contributed by atoms with Crippen LogP contribution in [0.3, 0.4) is 0 Å². The van der Waals surface area contributed by atoms with Gasteiger partial charge in [0.1, 0.15) is 18.0 Å². The van der Waals surface area contributed by atoms with Crippen LogP contribution in [0.1, 0.15) is 289 Å². The van der Waals surface area contributed by atoms with E-state index in [4.69, 9.17) is 28.4 Å². The summed E-state index contributed by atoms with van der Waals surface area (Å²) in [5, 5.41) is 0. The molecule has 1 saturated carbocycles. The first-order valence-corrected chi connectivity index (χ1v) is 30.8. The molecule has 1 heterocycles. The lowest BCUT2D eigenvalue weighted by Gasteiger charge is -2.24. The molecule has 0 N–H and O–H groups in total. The molecule has 14 nitrogen and oxygen atoms in total. The maximum Gasteiger partial charge on any atom is 0.410 e. The minimum atomic E-state index is -0.601. The Morgan fingerprint density at radius 3 is 1.14 bits per heavy atom. The van der Waals surface area contributed by atoms with Gasteiger partial charge in [-0.25, -0.2) is 4.79 Å². The summed E-state index contributed by atoms with van der Waals surface area (Å²) in [6, 6.07) is 0. The molecule has 2 fully saturated rings. The Morgan fingerprint density at radius 2 is 0.816 bits per heavy atom. The van der Waals surface area contributed by atoms with E-state index in [9.17, 15) is 33.6 Å². The van der Waals surface area contributed by atoms with Crippen molar-refractivity contribution in [3.63, 3.8) is 0 Å². The van der Waals surface area contributed by atoms with Crippen molar-refractivity contribution in [1.29, 1.82) is 0 Å². The van der Waals surface area contributed by atoms with Crippen molar-refractivity contribution in [3.05, 3.63) is 0 Å². The van der Waals surface area contributed by atoms with Crippen LogP contribution in [-0.4, -0.2) is 98.3 Å². The zero-order valence-corrected chi connectivity index (χ0v) is 51.0. The van der Waals surface area contributed by atoms with Crippen LogP contribution in [0.25, 0.3) is 0 Å². The number of likely N-dealkylation sites (tertiary alicyclic amines) is 1. The van der Waals surface area contributed by atoms with Crippen LogP contribution < -0.4 is 0 Å². The molecule has 1 saturated heterocycles. The van der Waals surface area contributed by atoms with Gasteiger partial charge in [-0.2, -0.15) is 0 Å². The Hall–Kier alpha value is -3.71. The van der Waals surface area contributed by atoms with Gasteiger partial charge in [-0.05, 0) is 71.6 Å². The third-order valence-electron chi connectivity index (χ3n) is 12.6. The fraction of sp³-hybridized carbons (Fsp3) is 0.887. The number of hydrogen-bond donors (Lipinski definition) is 0. The minimum absolute atomic E-state index is 0.0270. The predicted octanol–water partition coefficient (Wildman–Crippen LogP) is 16.0. The largest absolute Gasteiger partial charge is 0.466 e. The van der Waals surface area contributed by atoms with Crippen molar-refractivity contribution >= 4 is 42.2 Å². The maximum atomic E-state index is 12.6. The number of carbonyl (C=O) groups is 7. The van der Waals surface area contributed by atoms with E-state index in [1.54, 1.807) is 27.7 Å². The van der Waals surface area contributed by atoms with Gasteiger partial charge in [-0.3, -0.25) is 24.0 Å². The normalized spacial score (nSPS) is 13.9. The molecular formula is C62H117NO13. The smallest absolute Gasteiger partial charge is 0.410 e. The molecule has 14 heteroatoms. The molecule has 2 atom stereocenters. The van der Waals surface area contributed by atoms with Gasteiger partial charge in [0, 0.05) is 51.0 Å². The first-order valence-electron chi connectivity index (χ1n) is 30.8. The minimum Gasteiger partial charge on any atom is -0.466 e. The van der Waals surface area contributed by atoms with Crippen molar-refractivity contribution in [2.45, 2.75) is 300 Å². The van der Waals surface area contributed by atoms with E-state index in [1.807, 2.05) is 20.8 Å². The van der Waals surface area contributed by atoms with Gasteiger partial charge >= 0.3 is 35.9 Å². The Kier molecular flexibility index (Phi) is 55.0. The fourth-order valence-electron chi connectivity index (χ4n) is 7.82. The summed E-state index contributed by atoms with van der Waals surface area (Å²) in [7, 11) is 0. The fourth-order valence-corrected chi connectivity index (χ4v) is 7.82. The van der Waals surface area contributed by atoms with Crippen molar-refractivity contribution in [2.24, 2.45) is 17.8 Å². The van der Waals surface area contributed by atoms with Gasteiger partial charge in [0.15, 0.2) is 0 Å². The number of esters is 5. The second-order valence-electron chi connectivity index (χ2n) is 21.3. The molecule has 0 aromatic rings. The van der Waals surface area contributed by atoms with Crippen molar-refractivity contribution in [1.82, 2.24) is 4.90 Å². The van der Waals surface area contributed by atoms with Crippen LogP contribution in [0.2, 0.25) is 0 Å². The summed E-state index contributed by atoms with van der Waals surface area (Å²) in [6.07, 6.45) is 31.8. The number of nitrogens with zero attached hydrogens (tertiary/aromatic N) is 1. The molecule has 2 rings (SSSR count). The molecule has 448 valence electrons. The van der Waals surface area contributed by atoms with E-state index >= 15 is 0 Å². The highest BCUT2D eigenvalue weighted by Gasteiger charge is 2.33.